The molecule has 0 spiro atoms. The summed E-state index contributed by atoms with van der Waals surface area (Å²) in [5.74, 6) is 1.32. The minimum absolute atomic E-state index is 0.397. The van der Waals surface area contributed by atoms with Crippen LogP contribution < -0.4 is 9.47 Å². The molecular weight excluding hydrogens is 304 g/mol. The quantitative estimate of drug-likeness (QED) is 0.904. The van der Waals surface area contributed by atoms with Crippen molar-refractivity contribution < 1.29 is 14.6 Å². The van der Waals surface area contributed by atoms with Gasteiger partial charge in [-0.25, -0.2) is 0 Å². The molecule has 0 amide bonds. The Morgan fingerprint density at radius 2 is 1.79 bits per heavy atom. The molecule has 5 heteroatoms. The number of hydrogen-bond acceptors (Lipinski definition) is 5. The fraction of sp³-hybridized carbons (Fsp3) is 0.526. The zero-order chi connectivity index (χ0) is 17.7. The number of aliphatic hydroxyl groups is 1. The first-order valence-corrected chi connectivity index (χ1v) is 8.15. The van der Waals surface area contributed by atoms with E-state index in [1.54, 1.807) is 14.2 Å². The Hall–Kier alpha value is -2.19. The molecule has 0 aliphatic carbocycles. The number of benzene rings is 1. The van der Waals surface area contributed by atoms with E-state index in [1.165, 1.54) is 0 Å². The van der Waals surface area contributed by atoms with E-state index in [-0.39, 0.29) is 0 Å². The third-order valence-corrected chi connectivity index (χ3v) is 5.12. The highest BCUT2D eigenvalue weighted by atomic mass is 16.5. The standard InChI is InChI=1S/C19H24N2O3/c1-18(2)11-19(3,22)21-7-6-12-8-15(23-4)16(24-5)9-13(12)17(21)14(18)10-20/h8-9,22H,6-7,11H2,1-5H3. The largest absolute Gasteiger partial charge is 0.493 e. The summed E-state index contributed by atoms with van der Waals surface area (Å²) >= 11 is 0. The highest BCUT2D eigenvalue weighted by Gasteiger charge is 2.47. The summed E-state index contributed by atoms with van der Waals surface area (Å²) < 4.78 is 10.8. The maximum Gasteiger partial charge on any atom is 0.161 e. The fourth-order valence-electron chi connectivity index (χ4n) is 4.14. The van der Waals surface area contributed by atoms with Crippen molar-refractivity contribution in [3.05, 3.63) is 28.8 Å². The van der Waals surface area contributed by atoms with Crippen LogP contribution in [0.3, 0.4) is 0 Å². The topological polar surface area (TPSA) is 65.7 Å². The Morgan fingerprint density at radius 3 is 2.38 bits per heavy atom. The van der Waals surface area contributed by atoms with Gasteiger partial charge in [-0.1, -0.05) is 13.8 Å². The zero-order valence-corrected chi connectivity index (χ0v) is 14.9. The summed E-state index contributed by atoms with van der Waals surface area (Å²) in [5.41, 5.74) is 2.21. The fourth-order valence-corrected chi connectivity index (χ4v) is 4.14. The lowest BCUT2D eigenvalue weighted by molar-refractivity contribution is -0.0935. The van der Waals surface area contributed by atoms with Crippen molar-refractivity contribution in [2.24, 2.45) is 5.41 Å². The summed E-state index contributed by atoms with van der Waals surface area (Å²) in [4.78, 5) is 1.96. The van der Waals surface area contributed by atoms with Gasteiger partial charge in [0.2, 0.25) is 0 Å². The van der Waals surface area contributed by atoms with E-state index in [0.717, 1.165) is 23.2 Å². The van der Waals surface area contributed by atoms with Crippen LogP contribution in [0, 0.1) is 16.7 Å². The average Bonchev–Trinajstić information content (AvgIpc) is 2.51. The van der Waals surface area contributed by atoms with Gasteiger partial charge in [0.1, 0.15) is 5.72 Å². The molecule has 1 aromatic carbocycles. The summed E-state index contributed by atoms with van der Waals surface area (Å²) in [6.45, 7) is 6.53. The smallest absolute Gasteiger partial charge is 0.161 e. The second kappa shape index (κ2) is 5.42. The van der Waals surface area contributed by atoms with Crippen molar-refractivity contribution in [1.29, 1.82) is 5.26 Å². The van der Waals surface area contributed by atoms with E-state index in [1.807, 2.05) is 37.8 Å². The summed E-state index contributed by atoms with van der Waals surface area (Å²) in [5, 5.41) is 20.8. The molecule has 2 heterocycles. The molecule has 3 rings (SSSR count). The molecule has 1 aromatic rings. The van der Waals surface area contributed by atoms with Gasteiger partial charge in [0, 0.05) is 23.9 Å². The van der Waals surface area contributed by atoms with E-state index in [2.05, 4.69) is 6.07 Å². The number of hydrogen-bond donors (Lipinski definition) is 1. The molecule has 0 saturated carbocycles. The van der Waals surface area contributed by atoms with Crippen LogP contribution in [-0.2, 0) is 6.42 Å². The van der Waals surface area contributed by atoms with E-state index in [0.29, 0.717) is 30.0 Å². The van der Waals surface area contributed by atoms with Crippen LogP contribution >= 0.6 is 0 Å². The number of nitrogens with zero attached hydrogens (tertiary/aromatic N) is 2. The molecule has 5 nitrogen and oxygen atoms in total. The summed E-state index contributed by atoms with van der Waals surface area (Å²) in [7, 11) is 3.22. The van der Waals surface area contributed by atoms with Crippen molar-refractivity contribution in [1.82, 2.24) is 4.90 Å². The lowest BCUT2D eigenvalue weighted by Gasteiger charge is -2.51. The number of ether oxygens (including phenoxy) is 2. The van der Waals surface area contributed by atoms with Crippen LogP contribution in [0.5, 0.6) is 11.5 Å². The number of rotatable bonds is 2. The van der Waals surface area contributed by atoms with Crippen LogP contribution in [0.25, 0.3) is 5.70 Å². The van der Waals surface area contributed by atoms with Crippen molar-refractivity contribution >= 4 is 5.70 Å². The van der Waals surface area contributed by atoms with E-state index < -0.39 is 11.1 Å². The average molecular weight is 328 g/mol. The molecule has 0 radical (unpaired) electrons. The molecule has 0 bridgehead atoms. The zero-order valence-electron chi connectivity index (χ0n) is 14.9. The molecule has 0 aromatic heterocycles. The van der Waals surface area contributed by atoms with Crippen molar-refractivity contribution in [2.45, 2.75) is 39.3 Å². The van der Waals surface area contributed by atoms with Gasteiger partial charge in [-0.05, 0) is 31.0 Å². The number of methoxy groups -OCH3 is 2. The number of allylic oxidation sites excluding steroid dienone is 1. The maximum atomic E-state index is 11.0. The second-order valence-corrected chi connectivity index (χ2v) is 7.38. The minimum atomic E-state index is -0.982. The lowest BCUT2D eigenvalue weighted by Crippen LogP contribution is -2.54. The Balaban J connectivity index is 2.31. The molecule has 0 saturated heterocycles. The van der Waals surface area contributed by atoms with Crippen molar-refractivity contribution in [2.75, 3.05) is 20.8 Å². The van der Waals surface area contributed by atoms with Gasteiger partial charge in [-0.3, -0.25) is 0 Å². The maximum absolute atomic E-state index is 11.0. The van der Waals surface area contributed by atoms with E-state index in [4.69, 9.17) is 9.47 Å². The second-order valence-electron chi connectivity index (χ2n) is 7.38. The molecule has 2 aliphatic rings. The summed E-state index contributed by atoms with van der Waals surface area (Å²) in [6.07, 6.45) is 1.31. The van der Waals surface area contributed by atoms with Crippen LogP contribution in [0.4, 0.5) is 0 Å². The van der Waals surface area contributed by atoms with Gasteiger partial charge < -0.3 is 19.5 Å². The molecule has 1 atom stereocenters. The Kier molecular flexibility index (Phi) is 3.76. The molecule has 1 unspecified atom stereocenters. The first-order valence-electron chi connectivity index (χ1n) is 8.15. The normalized spacial score (nSPS) is 24.8. The van der Waals surface area contributed by atoms with Gasteiger partial charge >= 0.3 is 0 Å². The Labute approximate surface area is 143 Å². The SMILES string of the molecule is COc1cc2c(cc1OC)C1=C(C#N)C(C)(C)CC(C)(O)N1CC2. The van der Waals surface area contributed by atoms with Gasteiger partial charge in [0.15, 0.2) is 11.5 Å². The highest BCUT2D eigenvalue weighted by molar-refractivity contribution is 5.78. The first kappa shape index (κ1) is 16.7. The lowest BCUT2D eigenvalue weighted by atomic mass is 9.71. The van der Waals surface area contributed by atoms with Crippen LogP contribution in [0.1, 0.15) is 38.3 Å². The third-order valence-electron chi connectivity index (χ3n) is 5.12. The molecule has 24 heavy (non-hydrogen) atoms. The highest BCUT2D eigenvalue weighted by Crippen LogP contribution is 2.51. The molecule has 1 N–H and O–H groups in total. The minimum Gasteiger partial charge on any atom is -0.493 e. The van der Waals surface area contributed by atoms with Crippen LogP contribution in [0.2, 0.25) is 0 Å². The molecular formula is C19H24N2O3. The van der Waals surface area contributed by atoms with E-state index in [9.17, 15) is 10.4 Å². The first-order chi connectivity index (χ1) is 11.2. The summed E-state index contributed by atoms with van der Waals surface area (Å²) in [6, 6.07) is 6.29. The van der Waals surface area contributed by atoms with Gasteiger partial charge in [-0.15, -0.1) is 0 Å². The number of fused-ring (bicyclic) bond motifs is 3. The molecule has 0 fully saturated rings. The molecule has 128 valence electrons. The monoisotopic (exact) mass is 328 g/mol. The van der Waals surface area contributed by atoms with Crippen LogP contribution in [0.15, 0.2) is 17.7 Å². The number of nitriles is 1. The van der Waals surface area contributed by atoms with E-state index >= 15 is 0 Å². The predicted octanol–water partition coefficient (Wildman–Crippen LogP) is 2.93. The molecule has 2 aliphatic heterocycles. The van der Waals surface area contributed by atoms with Crippen LogP contribution in [-0.4, -0.2) is 36.5 Å². The van der Waals surface area contributed by atoms with Gasteiger partial charge in [0.05, 0.1) is 31.6 Å². The third kappa shape index (κ3) is 2.33. The Morgan fingerprint density at radius 1 is 1.17 bits per heavy atom. The van der Waals surface area contributed by atoms with Gasteiger partial charge in [0.25, 0.3) is 0 Å². The van der Waals surface area contributed by atoms with Crippen molar-refractivity contribution in [3.63, 3.8) is 0 Å². The predicted molar refractivity (Wildman–Crippen MR) is 91.5 cm³/mol. The van der Waals surface area contributed by atoms with Crippen molar-refractivity contribution in [3.8, 4) is 17.6 Å². The van der Waals surface area contributed by atoms with Gasteiger partial charge in [-0.2, -0.15) is 5.26 Å². The Bertz CT molecular complexity index is 757.